The zero-order chi connectivity index (χ0) is 17.0. The molecule has 2 aromatic carbocycles. The highest BCUT2D eigenvalue weighted by molar-refractivity contribution is 7.89. The summed E-state index contributed by atoms with van der Waals surface area (Å²) in [6.45, 7) is 1.64. The lowest BCUT2D eigenvalue weighted by molar-refractivity contribution is 0.0963. The van der Waals surface area contributed by atoms with E-state index in [2.05, 4.69) is 10.0 Å². The Labute approximate surface area is 134 Å². The molecule has 2 N–H and O–H groups in total. The van der Waals surface area contributed by atoms with E-state index in [0.717, 1.165) is 0 Å². The van der Waals surface area contributed by atoms with Crippen molar-refractivity contribution in [1.82, 2.24) is 10.0 Å². The van der Waals surface area contributed by atoms with Gasteiger partial charge in [0.2, 0.25) is 10.0 Å². The predicted octanol–water partition coefficient (Wildman–Crippen LogP) is 1.97. The Balaban J connectivity index is 2.18. The molecule has 5 nitrogen and oxygen atoms in total. The van der Waals surface area contributed by atoms with Gasteiger partial charge in [0.15, 0.2) is 0 Å². The van der Waals surface area contributed by atoms with Gasteiger partial charge in [-0.15, -0.1) is 0 Å². The molecule has 0 radical (unpaired) electrons. The molecule has 0 aliphatic rings. The summed E-state index contributed by atoms with van der Waals surface area (Å²) in [6, 6.07) is 10.5. The van der Waals surface area contributed by atoms with Crippen molar-refractivity contribution in [3.8, 4) is 0 Å². The molecular weight excluding hydrogens is 319 g/mol. The number of carbonyl (C=O) groups is 1. The van der Waals surface area contributed by atoms with E-state index in [1.807, 2.05) is 0 Å². The van der Waals surface area contributed by atoms with Gasteiger partial charge in [-0.2, -0.15) is 0 Å². The third-order valence-electron chi connectivity index (χ3n) is 3.26. The number of amides is 1. The van der Waals surface area contributed by atoms with Crippen LogP contribution in [0.5, 0.6) is 0 Å². The molecule has 0 unspecified atom stereocenters. The lowest BCUT2D eigenvalue weighted by atomic mass is 10.1. The highest BCUT2D eigenvalue weighted by atomic mass is 32.2. The monoisotopic (exact) mass is 336 g/mol. The van der Waals surface area contributed by atoms with Gasteiger partial charge in [0.25, 0.3) is 5.91 Å². The fraction of sp³-hybridized carbons (Fsp3) is 0.188. The first-order valence-electron chi connectivity index (χ1n) is 6.90. The Morgan fingerprint density at radius 2 is 1.91 bits per heavy atom. The number of benzene rings is 2. The fourth-order valence-electron chi connectivity index (χ4n) is 2.05. The molecule has 7 heteroatoms. The quantitative estimate of drug-likeness (QED) is 0.876. The summed E-state index contributed by atoms with van der Waals surface area (Å²) in [5, 5.41) is 2.49. The summed E-state index contributed by atoms with van der Waals surface area (Å²) in [5.41, 5.74) is 1.66. The van der Waals surface area contributed by atoms with Crippen molar-refractivity contribution >= 4 is 15.9 Å². The number of nitrogens with one attached hydrogen (secondary N) is 2. The zero-order valence-electron chi connectivity index (χ0n) is 12.8. The number of halogens is 1. The van der Waals surface area contributed by atoms with Crippen molar-refractivity contribution in [1.29, 1.82) is 0 Å². The highest BCUT2D eigenvalue weighted by Crippen LogP contribution is 2.16. The number of rotatable bonds is 5. The van der Waals surface area contributed by atoms with Gasteiger partial charge in [-0.1, -0.05) is 18.2 Å². The van der Waals surface area contributed by atoms with E-state index in [4.69, 9.17) is 0 Å². The summed E-state index contributed by atoms with van der Waals surface area (Å²) >= 11 is 0. The molecule has 0 atom stereocenters. The van der Waals surface area contributed by atoms with Gasteiger partial charge in [-0.05, 0) is 42.3 Å². The minimum Gasteiger partial charge on any atom is -0.355 e. The first-order chi connectivity index (χ1) is 10.8. The first kappa shape index (κ1) is 17.1. The van der Waals surface area contributed by atoms with Crippen LogP contribution in [0.1, 0.15) is 21.5 Å². The lowest BCUT2D eigenvalue weighted by Crippen LogP contribution is -2.24. The molecule has 0 heterocycles. The Kier molecular flexibility index (Phi) is 5.12. The molecule has 0 spiro atoms. The van der Waals surface area contributed by atoms with Gasteiger partial charge in [0, 0.05) is 19.2 Å². The second-order valence-corrected chi connectivity index (χ2v) is 6.77. The maximum Gasteiger partial charge on any atom is 0.251 e. The molecule has 0 fully saturated rings. The van der Waals surface area contributed by atoms with Crippen LogP contribution >= 0.6 is 0 Å². The molecule has 0 saturated heterocycles. The lowest BCUT2D eigenvalue weighted by Gasteiger charge is -2.09. The van der Waals surface area contributed by atoms with Crippen molar-refractivity contribution in [3.05, 3.63) is 65.0 Å². The molecular formula is C16H17FN2O3S. The van der Waals surface area contributed by atoms with E-state index in [9.17, 15) is 17.6 Å². The van der Waals surface area contributed by atoms with Crippen LogP contribution in [-0.2, 0) is 16.6 Å². The molecule has 0 bridgehead atoms. The SMILES string of the molecule is CNC(=O)c1cccc(CNS(=O)(=O)c2ccc(C)cc2F)c1. The van der Waals surface area contributed by atoms with E-state index in [1.165, 1.54) is 25.2 Å². The van der Waals surface area contributed by atoms with Crippen molar-refractivity contribution in [3.63, 3.8) is 0 Å². The van der Waals surface area contributed by atoms with Crippen molar-refractivity contribution in [2.45, 2.75) is 18.4 Å². The van der Waals surface area contributed by atoms with Crippen molar-refractivity contribution in [2.75, 3.05) is 7.05 Å². The van der Waals surface area contributed by atoms with Gasteiger partial charge in [0.05, 0.1) is 0 Å². The van der Waals surface area contributed by atoms with E-state index in [0.29, 0.717) is 16.7 Å². The third-order valence-corrected chi connectivity index (χ3v) is 4.69. The van der Waals surface area contributed by atoms with Crippen molar-refractivity contribution in [2.24, 2.45) is 0 Å². The Bertz CT molecular complexity index is 835. The third kappa shape index (κ3) is 4.14. The van der Waals surface area contributed by atoms with Crippen LogP contribution in [-0.4, -0.2) is 21.4 Å². The van der Waals surface area contributed by atoms with E-state index in [-0.39, 0.29) is 12.5 Å². The summed E-state index contributed by atoms with van der Waals surface area (Å²) in [5.74, 6) is -1.06. The summed E-state index contributed by atoms with van der Waals surface area (Å²) in [7, 11) is -2.46. The maximum absolute atomic E-state index is 13.8. The molecule has 0 aliphatic carbocycles. The molecule has 2 rings (SSSR count). The highest BCUT2D eigenvalue weighted by Gasteiger charge is 2.18. The van der Waals surface area contributed by atoms with Gasteiger partial charge in [-0.25, -0.2) is 17.5 Å². The van der Waals surface area contributed by atoms with E-state index < -0.39 is 20.7 Å². The molecule has 0 aliphatic heterocycles. The minimum absolute atomic E-state index is 0.0412. The fourth-order valence-corrected chi connectivity index (χ4v) is 3.12. The van der Waals surface area contributed by atoms with E-state index in [1.54, 1.807) is 31.2 Å². The number of hydrogen-bond donors (Lipinski definition) is 2. The Morgan fingerprint density at radius 1 is 1.17 bits per heavy atom. The van der Waals surface area contributed by atoms with Crippen LogP contribution < -0.4 is 10.0 Å². The smallest absolute Gasteiger partial charge is 0.251 e. The van der Waals surface area contributed by atoms with Gasteiger partial charge in [-0.3, -0.25) is 4.79 Å². The molecule has 2 aromatic rings. The zero-order valence-corrected chi connectivity index (χ0v) is 13.6. The average molecular weight is 336 g/mol. The van der Waals surface area contributed by atoms with Crippen LogP contribution in [0.4, 0.5) is 4.39 Å². The van der Waals surface area contributed by atoms with Gasteiger partial charge >= 0.3 is 0 Å². The molecule has 1 amide bonds. The van der Waals surface area contributed by atoms with Crippen molar-refractivity contribution < 1.29 is 17.6 Å². The van der Waals surface area contributed by atoms with E-state index >= 15 is 0 Å². The number of hydrogen-bond acceptors (Lipinski definition) is 3. The van der Waals surface area contributed by atoms with Crippen LogP contribution in [0.25, 0.3) is 0 Å². The minimum atomic E-state index is -3.97. The summed E-state index contributed by atoms with van der Waals surface area (Å²) in [6.07, 6.45) is 0. The number of sulfonamides is 1. The number of aryl methyl sites for hydroxylation is 1. The van der Waals surface area contributed by atoms with Gasteiger partial charge < -0.3 is 5.32 Å². The summed E-state index contributed by atoms with van der Waals surface area (Å²) < 4.78 is 40.5. The first-order valence-corrected chi connectivity index (χ1v) is 8.38. The average Bonchev–Trinajstić information content (AvgIpc) is 2.52. The molecule has 0 saturated carbocycles. The topological polar surface area (TPSA) is 75.3 Å². The molecule has 0 aromatic heterocycles. The summed E-state index contributed by atoms with van der Waals surface area (Å²) in [4.78, 5) is 11.2. The maximum atomic E-state index is 13.8. The second-order valence-electron chi connectivity index (χ2n) is 5.04. The normalized spacial score (nSPS) is 11.3. The standard InChI is InChI=1S/C16H17FN2O3S/c1-11-6-7-15(14(17)8-11)23(21,22)19-10-12-4-3-5-13(9-12)16(20)18-2/h3-9,19H,10H2,1-2H3,(H,18,20). The van der Waals surface area contributed by atoms with Crippen LogP contribution in [0.15, 0.2) is 47.4 Å². The largest absolute Gasteiger partial charge is 0.355 e. The molecule has 122 valence electrons. The van der Waals surface area contributed by atoms with Gasteiger partial charge in [0.1, 0.15) is 10.7 Å². The van der Waals surface area contributed by atoms with Crippen LogP contribution in [0.3, 0.4) is 0 Å². The van der Waals surface area contributed by atoms with Crippen LogP contribution in [0.2, 0.25) is 0 Å². The number of carbonyl (C=O) groups excluding carboxylic acids is 1. The molecule has 23 heavy (non-hydrogen) atoms. The Hall–Kier alpha value is -2.25. The Morgan fingerprint density at radius 3 is 2.57 bits per heavy atom. The predicted molar refractivity (Wildman–Crippen MR) is 85.0 cm³/mol. The van der Waals surface area contributed by atoms with Crippen LogP contribution in [0, 0.1) is 12.7 Å². The second kappa shape index (κ2) is 6.89.